The van der Waals surface area contributed by atoms with Crippen LogP contribution < -0.4 is 5.32 Å². The summed E-state index contributed by atoms with van der Waals surface area (Å²) in [6.45, 7) is 2.96. The Labute approximate surface area is 105 Å². The fourth-order valence-corrected chi connectivity index (χ4v) is 1.43. The number of hydrogen-bond acceptors (Lipinski definition) is 3. The molecule has 0 fully saturated rings. The molecule has 1 rings (SSSR count). The maximum absolute atomic E-state index is 12.7. The van der Waals surface area contributed by atoms with Gasteiger partial charge in [0, 0.05) is 17.2 Å². The molecule has 7 heteroatoms. The van der Waals surface area contributed by atoms with E-state index in [2.05, 4.69) is 26.2 Å². The molecule has 0 amide bonds. The molecule has 1 aromatic rings. The molecule has 0 saturated carbocycles. The van der Waals surface area contributed by atoms with Crippen LogP contribution in [0.1, 0.15) is 19.4 Å². The van der Waals surface area contributed by atoms with E-state index >= 15 is 0 Å². The molecule has 0 aromatic carbocycles. The van der Waals surface area contributed by atoms with E-state index in [9.17, 15) is 18.3 Å². The second kappa shape index (κ2) is 4.81. The van der Waals surface area contributed by atoms with Crippen molar-refractivity contribution in [1.82, 2.24) is 4.98 Å². The maximum atomic E-state index is 12.7. The first kappa shape index (κ1) is 14.2. The third-order valence-electron chi connectivity index (χ3n) is 1.85. The highest BCUT2D eigenvalue weighted by atomic mass is 79.9. The van der Waals surface area contributed by atoms with Gasteiger partial charge in [-0.05, 0) is 35.8 Å². The zero-order chi connectivity index (χ0) is 13.3. The molecule has 1 aromatic heterocycles. The molecule has 0 saturated heterocycles. The topological polar surface area (TPSA) is 45.1 Å². The Morgan fingerprint density at radius 3 is 2.47 bits per heavy atom. The van der Waals surface area contributed by atoms with Gasteiger partial charge in [-0.3, -0.25) is 0 Å². The predicted octanol–water partition coefficient (Wildman–Crippen LogP) is 3.05. The summed E-state index contributed by atoms with van der Waals surface area (Å²) in [5, 5.41) is 11.9. The lowest BCUT2D eigenvalue weighted by molar-refractivity contribution is -0.137. The van der Waals surface area contributed by atoms with Crippen molar-refractivity contribution >= 4 is 21.7 Å². The number of hydrogen-bond donors (Lipinski definition) is 2. The normalized spacial score (nSPS) is 12.6. The van der Waals surface area contributed by atoms with Crippen molar-refractivity contribution in [2.45, 2.75) is 25.6 Å². The summed E-state index contributed by atoms with van der Waals surface area (Å²) in [5.41, 5.74) is -1.98. The first-order valence-electron chi connectivity index (χ1n) is 4.78. The van der Waals surface area contributed by atoms with E-state index in [-0.39, 0.29) is 16.8 Å². The summed E-state index contributed by atoms with van der Waals surface area (Å²) in [4.78, 5) is 3.66. The second-order valence-corrected chi connectivity index (χ2v) is 5.13. The van der Waals surface area contributed by atoms with Crippen LogP contribution in [0, 0.1) is 0 Å². The zero-order valence-electron chi connectivity index (χ0n) is 9.27. The molecular weight excluding hydrogens is 301 g/mol. The average molecular weight is 313 g/mol. The number of aromatic nitrogens is 1. The summed E-state index contributed by atoms with van der Waals surface area (Å²) < 4.78 is 38.3. The van der Waals surface area contributed by atoms with Gasteiger partial charge in [0.05, 0.1) is 11.2 Å². The SMILES string of the molecule is CC(C)(O)CNc1ncc(Br)cc1C(F)(F)F. The molecule has 0 spiro atoms. The van der Waals surface area contributed by atoms with E-state index in [1.54, 1.807) is 0 Å². The number of alkyl halides is 3. The molecule has 0 radical (unpaired) electrons. The molecule has 3 nitrogen and oxygen atoms in total. The third kappa shape index (κ3) is 4.51. The first-order chi connectivity index (χ1) is 7.59. The molecule has 0 unspecified atom stereocenters. The van der Waals surface area contributed by atoms with Gasteiger partial charge >= 0.3 is 6.18 Å². The van der Waals surface area contributed by atoms with Gasteiger partial charge in [-0.25, -0.2) is 4.98 Å². The van der Waals surface area contributed by atoms with Crippen LogP contribution in [0.2, 0.25) is 0 Å². The van der Waals surface area contributed by atoms with Crippen molar-refractivity contribution in [2.75, 3.05) is 11.9 Å². The highest BCUT2D eigenvalue weighted by molar-refractivity contribution is 9.10. The Morgan fingerprint density at radius 1 is 1.41 bits per heavy atom. The minimum Gasteiger partial charge on any atom is -0.389 e. The molecule has 0 bridgehead atoms. The van der Waals surface area contributed by atoms with Crippen LogP contribution in [0.25, 0.3) is 0 Å². The molecule has 2 N–H and O–H groups in total. The quantitative estimate of drug-likeness (QED) is 0.901. The fourth-order valence-electron chi connectivity index (χ4n) is 1.10. The number of rotatable bonds is 3. The van der Waals surface area contributed by atoms with Crippen molar-refractivity contribution in [3.05, 3.63) is 22.3 Å². The Kier molecular flexibility index (Phi) is 4.03. The third-order valence-corrected chi connectivity index (χ3v) is 2.28. The Hall–Kier alpha value is -0.820. The average Bonchev–Trinajstić information content (AvgIpc) is 2.13. The van der Waals surface area contributed by atoms with Crippen LogP contribution in [-0.2, 0) is 6.18 Å². The molecule has 17 heavy (non-hydrogen) atoms. The van der Waals surface area contributed by atoms with Crippen LogP contribution in [0.15, 0.2) is 16.7 Å². The van der Waals surface area contributed by atoms with Crippen molar-refractivity contribution < 1.29 is 18.3 Å². The van der Waals surface area contributed by atoms with Crippen molar-refractivity contribution in [3.63, 3.8) is 0 Å². The van der Waals surface area contributed by atoms with Crippen molar-refractivity contribution in [3.8, 4) is 0 Å². The summed E-state index contributed by atoms with van der Waals surface area (Å²) in [6, 6.07) is 0.944. The lowest BCUT2D eigenvalue weighted by atomic mass is 10.1. The van der Waals surface area contributed by atoms with Gasteiger partial charge in [-0.15, -0.1) is 0 Å². The molecule has 0 aliphatic carbocycles. The fraction of sp³-hybridized carbons (Fsp3) is 0.500. The van der Waals surface area contributed by atoms with E-state index in [1.165, 1.54) is 20.0 Å². The smallest absolute Gasteiger partial charge is 0.389 e. The molecule has 0 aliphatic heterocycles. The minimum absolute atomic E-state index is 0.0231. The van der Waals surface area contributed by atoms with Gasteiger partial charge in [0.25, 0.3) is 0 Å². The number of halogens is 4. The summed E-state index contributed by atoms with van der Waals surface area (Å²) >= 11 is 2.94. The Balaban J connectivity index is 2.99. The highest BCUT2D eigenvalue weighted by Gasteiger charge is 2.34. The molecule has 0 aliphatic rings. The number of nitrogens with one attached hydrogen (secondary N) is 1. The summed E-state index contributed by atoms with van der Waals surface area (Å²) in [5.74, 6) is -0.289. The van der Waals surface area contributed by atoms with E-state index < -0.39 is 17.3 Å². The van der Waals surface area contributed by atoms with Gasteiger partial charge in [0.1, 0.15) is 5.82 Å². The monoisotopic (exact) mass is 312 g/mol. The van der Waals surface area contributed by atoms with Gasteiger partial charge in [-0.1, -0.05) is 0 Å². The second-order valence-electron chi connectivity index (χ2n) is 4.21. The predicted molar refractivity (Wildman–Crippen MR) is 61.7 cm³/mol. The van der Waals surface area contributed by atoms with E-state index in [4.69, 9.17) is 0 Å². The van der Waals surface area contributed by atoms with E-state index in [1.807, 2.05) is 0 Å². The van der Waals surface area contributed by atoms with Gasteiger partial charge in [0.2, 0.25) is 0 Å². The van der Waals surface area contributed by atoms with E-state index in [0.717, 1.165) is 6.07 Å². The lowest BCUT2D eigenvalue weighted by Crippen LogP contribution is -2.30. The van der Waals surface area contributed by atoms with Gasteiger partial charge in [-0.2, -0.15) is 13.2 Å². The number of aliphatic hydroxyl groups is 1. The molecule has 96 valence electrons. The highest BCUT2D eigenvalue weighted by Crippen LogP contribution is 2.35. The maximum Gasteiger partial charge on any atom is 0.419 e. The van der Waals surface area contributed by atoms with Crippen LogP contribution in [0.4, 0.5) is 19.0 Å². The first-order valence-corrected chi connectivity index (χ1v) is 5.58. The summed E-state index contributed by atoms with van der Waals surface area (Å²) in [7, 11) is 0. The number of nitrogens with zero attached hydrogens (tertiary/aromatic N) is 1. The van der Waals surface area contributed by atoms with Crippen LogP contribution >= 0.6 is 15.9 Å². The van der Waals surface area contributed by atoms with Crippen LogP contribution in [0.3, 0.4) is 0 Å². The lowest BCUT2D eigenvalue weighted by Gasteiger charge is -2.20. The van der Waals surface area contributed by atoms with E-state index in [0.29, 0.717) is 0 Å². The molecule has 1 heterocycles. The van der Waals surface area contributed by atoms with Gasteiger partial charge in [0.15, 0.2) is 0 Å². The molecule has 0 atom stereocenters. The Bertz CT molecular complexity index is 402. The zero-order valence-corrected chi connectivity index (χ0v) is 10.9. The Morgan fingerprint density at radius 2 is 2.00 bits per heavy atom. The van der Waals surface area contributed by atoms with Crippen molar-refractivity contribution in [1.29, 1.82) is 0 Å². The van der Waals surface area contributed by atoms with Crippen molar-refractivity contribution in [2.24, 2.45) is 0 Å². The molecular formula is C10H12BrF3N2O. The largest absolute Gasteiger partial charge is 0.419 e. The number of anilines is 1. The number of pyridine rings is 1. The van der Waals surface area contributed by atoms with Crippen LogP contribution in [0.5, 0.6) is 0 Å². The summed E-state index contributed by atoms with van der Waals surface area (Å²) in [6.07, 6.45) is -3.22. The van der Waals surface area contributed by atoms with Gasteiger partial charge < -0.3 is 10.4 Å². The minimum atomic E-state index is -4.49. The standard InChI is InChI=1S/C10H12BrF3N2O/c1-9(2,17)5-16-8-7(10(12,13)14)3-6(11)4-15-8/h3-4,17H,5H2,1-2H3,(H,15,16). The van der Waals surface area contributed by atoms with Crippen LogP contribution in [-0.4, -0.2) is 22.2 Å².